The predicted molar refractivity (Wildman–Crippen MR) is 71.1 cm³/mol. The summed E-state index contributed by atoms with van der Waals surface area (Å²) in [5.41, 5.74) is 7.60. The van der Waals surface area contributed by atoms with Gasteiger partial charge in [-0.1, -0.05) is 19.1 Å². The molecular formula is C14H22N2O. The maximum atomic E-state index is 9.63. The van der Waals surface area contributed by atoms with E-state index in [2.05, 4.69) is 24.0 Å². The summed E-state index contributed by atoms with van der Waals surface area (Å²) in [6, 6.07) is 8.14. The van der Waals surface area contributed by atoms with Crippen LogP contribution in [-0.4, -0.2) is 24.7 Å². The summed E-state index contributed by atoms with van der Waals surface area (Å²) in [5, 5.41) is 9.63. The van der Waals surface area contributed by atoms with Crippen molar-refractivity contribution >= 4 is 5.69 Å². The van der Waals surface area contributed by atoms with Crippen molar-refractivity contribution in [2.75, 3.05) is 24.5 Å². The molecular weight excluding hydrogens is 212 g/mol. The van der Waals surface area contributed by atoms with Crippen LogP contribution >= 0.6 is 0 Å². The van der Waals surface area contributed by atoms with E-state index >= 15 is 0 Å². The molecule has 1 saturated heterocycles. The van der Waals surface area contributed by atoms with Crippen LogP contribution in [0.5, 0.6) is 0 Å². The van der Waals surface area contributed by atoms with E-state index in [1.54, 1.807) is 0 Å². The number of aliphatic hydroxyl groups is 1. The molecule has 1 fully saturated rings. The minimum atomic E-state index is -0.538. The van der Waals surface area contributed by atoms with Gasteiger partial charge in [0.15, 0.2) is 0 Å². The fourth-order valence-electron chi connectivity index (χ4n) is 2.47. The fraction of sp³-hybridized carbons (Fsp3) is 0.571. The first-order valence-electron chi connectivity index (χ1n) is 6.43. The highest BCUT2D eigenvalue weighted by Gasteiger charge is 2.16. The molecule has 2 atom stereocenters. The minimum absolute atomic E-state index is 0.278. The van der Waals surface area contributed by atoms with Gasteiger partial charge in [-0.25, -0.2) is 0 Å². The number of piperidine rings is 1. The highest BCUT2D eigenvalue weighted by molar-refractivity contribution is 5.48. The van der Waals surface area contributed by atoms with Gasteiger partial charge in [0, 0.05) is 25.3 Å². The number of rotatable bonds is 3. The van der Waals surface area contributed by atoms with Gasteiger partial charge < -0.3 is 15.7 Å². The van der Waals surface area contributed by atoms with Crippen molar-refractivity contribution < 1.29 is 5.11 Å². The van der Waals surface area contributed by atoms with Crippen LogP contribution in [0.2, 0.25) is 0 Å². The van der Waals surface area contributed by atoms with Crippen LogP contribution in [0.15, 0.2) is 24.3 Å². The largest absolute Gasteiger partial charge is 0.387 e. The number of anilines is 1. The third-order valence-electron chi connectivity index (χ3n) is 3.52. The summed E-state index contributed by atoms with van der Waals surface area (Å²) < 4.78 is 0. The standard InChI is InChI=1S/C14H22N2O/c1-11-3-2-8-16(10-11)13-6-4-12(5-7-13)14(17)9-15/h4-7,11,14,17H,2-3,8-10,15H2,1H3. The van der Waals surface area contributed by atoms with Crippen LogP contribution < -0.4 is 10.6 Å². The summed E-state index contributed by atoms with van der Waals surface area (Å²) in [5.74, 6) is 0.776. The molecule has 3 N–H and O–H groups in total. The Bertz CT molecular complexity index is 350. The lowest BCUT2D eigenvalue weighted by Gasteiger charge is -2.33. The monoisotopic (exact) mass is 234 g/mol. The lowest BCUT2D eigenvalue weighted by molar-refractivity contribution is 0.187. The smallest absolute Gasteiger partial charge is 0.0912 e. The Labute approximate surface area is 103 Å². The molecule has 3 heteroatoms. The van der Waals surface area contributed by atoms with Crippen LogP contribution in [0.3, 0.4) is 0 Å². The van der Waals surface area contributed by atoms with Crippen molar-refractivity contribution in [2.45, 2.75) is 25.9 Å². The van der Waals surface area contributed by atoms with Gasteiger partial charge in [0.1, 0.15) is 0 Å². The molecule has 2 rings (SSSR count). The number of nitrogens with zero attached hydrogens (tertiary/aromatic N) is 1. The maximum absolute atomic E-state index is 9.63. The second-order valence-corrected chi connectivity index (χ2v) is 5.04. The van der Waals surface area contributed by atoms with E-state index in [1.165, 1.54) is 18.5 Å². The molecule has 0 amide bonds. The Morgan fingerprint density at radius 2 is 2.12 bits per heavy atom. The molecule has 0 radical (unpaired) electrons. The predicted octanol–water partition coefficient (Wildman–Crippen LogP) is 1.92. The van der Waals surface area contributed by atoms with Gasteiger partial charge in [0.25, 0.3) is 0 Å². The number of aliphatic hydroxyl groups excluding tert-OH is 1. The van der Waals surface area contributed by atoms with E-state index in [-0.39, 0.29) is 6.54 Å². The molecule has 1 aromatic rings. The van der Waals surface area contributed by atoms with E-state index in [9.17, 15) is 5.11 Å². The number of hydrogen-bond acceptors (Lipinski definition) is 3. The van der Waals surface area contributed by atoms with E-state index in [1.807, 2.05) is 12.1 Å². The quantitative estimate of drug-likeness (QED) is 0.840. The molecule has 94 valence electrons. The van der Waals surface area contributed by atoms with Gasteiger partial charge in [-0.2, -0.15) is 0 Å². The lowest BCUT2D eigenvalue weighted by Crippen LogP contribution is -2.34. The first kappa shape index (κ1) is 12.4. The Kier molecular flexibility index (Phi) is 4.02. The summed E-state index contributed by atoms with van der Waals surface area (Å²) in [7, 11) is 0. The zero-order valence-electron chi connectivity index (χ0n) is 10.5. The molecule has 0 saturated carbocycles. The van der Waals surface area contributed by atoms with Gasteiger partial charge in [-0.15, -0.1) is 0 Å². The van der Waals surface area contributed by atoms with Crippen molar-refractivity contribution in [3.8, 4) is 0 Å². The van der Waals surface area contributed by atoms with Crippen LogP contribution in [0, 0.1) is 5.92 Å². The first-order valence-corrected chi connectivity index (χ1v) is 6.43. The molecule has 1 aliphatic heterocycles. The Balaban J connectivity index is 2.06. The first-order chi connectivity index (χ1) is 8.20. The highest BCUT2D eigenvalue weighted by atomic mass is 16.3. The Morgan fingerprint density at radius 3 is 2.71 bits per heavy atom. The normalized spacial score (nSPS) is 22.5. The third kappa shape index (κ3) is 2.99. The van der Waals surface area contributed by atoms with Crippen LogP contribution in [0.25, 0.3) is 0 Å². The van der Waals surface area contributed by atoms with Gasteiger partial charge in [-0.3, -0.25) is 0 Å². The van der Waals surface area contributed by atoms with E-state index < -0.39 is 6.10 Å². The highest BCUT2D eigenvalue weighted by Crippen LogP contribution is 2.24. The second-order valence-electron chi connectivity index (χ2n) is 5.04. The second kappa shape index (κ2) is 5.52. The molecule has 2 unspecified atom stereocenters. The Hall–Kier alpha value is -1.06. The van der Waals surface area contributed by atoms with Gasteiger partial charge >= 0.3 is 0 Å². The number of benzene rings is 1. The average molecular weight is 234 g/mol. The van der Waals surface area contributed by atoms with Crippen LogP contribution in [-0.2, 0) is 0 Å². The van der Waals surface area contributed by atoms with Crippen molar-refractivity contribution in [2.24, 2.45) is 11.7 Å². The van der Waals surface area contributed by atoms with Gasteiger partial charge in [0.2, 0.25) is 0 Å². The third-order valence-corrected chi connectivity index (χ3v) is 3.52. The number of hydrogen-bond donors (Lipinski definition) is 2. The van der Waals surface area contributed by atoms with E-state index in [0.717, 1.165) is 24.6 Å². The van der Waals surface area contributed by atoms with Crippen LogP contribution in [0.4, 0.5) is 5.69 Å². The van der Waals surface area contributed by atoms with Crippen molar-refractivity contribution in [1.29, 1.82) is 0 Å². The minimum Gasteiger partial charge on any atom is -0.387 e. The summed E-state index contributed by atoms with van der Waals surface area (Å²) in [6.07, 6.45) is 2.07. The molecule has 1 aromatic carbocycles. The van der Waals surface area contributed by atoms with Crippen LogP contribution in [0.1, 0.15) is 31.4 Å². The molecule has 3 nitrogen and oxygen atoms in total. The molecule has 0 bridgehead atoms. The average Bonchev–Trinajstić information content (AvgIpc) is 2.38. The topological polar surface area (TPSA) is 49.5 Å². The van der Waals surface area contributed by atoms with Gasteiger partial charge in [-0.05, 0) is 36.5 Å². The Morgan fingerprint density at radius 1 is 1.41 bits per heavy atom. The van der Waals surface area contributed by atoms with Gasteiger partial charge in [0.05, 0.1) is 6.10 Å². The molecule has 0 aromatic heterocycles. The summed E-state index contributed by atoms with van der Waals surface area (Å²) >= 11 is 0. The molecule has 17 heavy (non-hydrogen) atoms. The van der Waals surface area contributed by atoms with E-state index in [4.69, 9.17) is 5.73 Å². The van der Waals surface area contributed by atoms with Crippen molar-refractivity contribution in [3.63, 3.8) is 0 Å². The maximum Gasteiger partial charge on any atom is 0.0912 e. The van der Waals surface area contributed by atoms with E-state index in [0.29, 0.717) is 0 Å². The van der Waals surface area contributed by atoms with Crippen molar-refractivity contribution in [1.82, 2.24) is 0 Å². The van der Waals surface area contributed by atoms with Crippen molar-refractivity contribution in [3.05, 3.63) is 29.8 Å². The SMILES string of the molecule is CC1CCCN(c2ccc(C(O)CN)cc2)C1. The lowest BCUT2D eigenvalue weighted by atomic mass is 9.99. The molecule has 0 spiro atoms. The molecule has 1 heterocycles. The summed E-state index contributed by atoms with van der Waals surface area (Å²) in [4.78, 5) is 2.42. The fourth-order valence-corrected chi connectivity index (χ4v) is 2.47. The zero-order valence-corrected chi connectivity index (χ0v) is 10.5. The molecule has 1 aliphatic rings. The summed E-state index contributed by atoms with van der Waals surface area (Å²) in [6.45, 7) is 4.86. The zero-order chi connectivity index (χ0) is 12.3. The molecule has 0 aliphatic carbocycles. The number of nitrogens with two attached hydrogens (primary N) is 1.